The van der Waals surface area contributed by atoms with Crippen molar-refractivity contribution in [1.82, 2.24) is 19.8 Å². The van der Waals surface area contributed by atoms with Crippen molar-refractivity contribution < 1.29 is 27.5 Å². The zero-order valence-corrected chi connectivity index (χ0v) is 21.9. The molecule has 0 bridgehead atoms. The average Bonchev–Trinajstić information content (AvgIpc) is 3.38. The van der Waals surface area contributed by atoms with Gasteiger partial charge in [0.2, 0.25) is 0 Å². The number of urea groups is 1. The number of nitrogens with zero attached hydrogens (tertiary/aromatic N) is 5. The Bertz CT molecular complexity index is 1450. The predicted molar refractivity (Wildman–Crippen MR) is 144 cm³/mol. The van der Waals surface area contributed by atoms with Crippen LogP contribution in [-0.2, 0) is 6.42 Å². The van der Waals surface area contributed by atoms with Gasteiger partial charge in [-0.1, -0.05) is 12.1 Å². The molecule has 12 heteroatoms. The lowest BCUT2D eigenvalue weighted by Crippen LogP contribution is -2.50. The number of allylic oxidation sites excluding steroid dienone is 1. The third-order valence-corrected chi connectivity index (χ3v) is 6.71. The summed E-state index contributed by atoms with van der Waals surface area (Å²) in [7, 11) is 3.44. The lowest BCUT2D eigenvalue weighted by molar-refractivity contribution is -0.274. The SMILES string of the molecule is CN(C)C(=O)c1cccc(C2=Cc3c(ncnc3N3CCN(C(=O)Nc4ccc(OC(F)(F)F)cc4)CC3)C2)c1. The average molecular weight is 553 g/mol. The maximum absolute atomic E-state index is 12.8. The van der Waals surface area contributed by atoms with Crippen LogP contribution < -0.4 is 15.0 Å². The second-order valence-corrected chi connectivity index (χ2v) is 9.66. The quantitative estimate of drug-likeness (QED) is 0.501. The summed E-state index contributed by atoms with van der Waals surface area (Å²) in [5, 5.41) is 2.71. The van der Waals surface area contributed by atoms with Crippen molar-refractivity contribution in [3.8, 4) is 5.75 Å². The number of alkyl halides is 3. The van der Waals surface area contributed by atoms with E-state index in [1.54, 1.807) is 36.3 Å². The molecular formula is C28H27F3N6O3. The summed E-state index contributed by atoms with van der Waals surface area (Å²) in [5.41, 5.74) is 4.82. The van der Waals surface area contributed by atoms with Gasteiger partial charge in [0, 0.05) is 63.5 Å². The number of fused-ring (bicyclic) bond motifs is 1. The van der Waals surface area contributed by atoms with Crippen molar-refractivity contribution in [1.29, 1.82) is 0 Å². The van der Waals surface area contributed by atoms with E-state index < -0.39 is 6.36 Å². The van der Waals surface area contributed by atoms with Gasteiger partial charge in [-0.3, -0.25) is 4.79 Å². The molecular weight excluding hydrogens is 525 g/mol. The number of aromatic nitrogens is 2. The number of carbonyl (C=O) groups excluding carboxylic acids is 2. The Hall–Kier alpha value is -4.61. The molecule has 0 unspecified atom stereocenters. The van der Waals surface area contributed by atoms with Crippen molar-refractivity contribution in [3.05, 3.63) is 77.2 Å². The molecule has 0 radical (unpaired) electrons. The van der Waals surface area contributed by atoms with E-state index in [4.69, 9.17) is 0 Å². The van der Waals surface area contributed by atoms with Gasteiger partial charge in [0.05, 0.1) is 5.69 Å². The molecule has 1 aromatic heterocycles. The molecule has 0 spiro atoms. The summed E-state index contributed by atoms with van der Waals surface area (Å²) in [6, 6.07) is 12.2. The molecule has 2 aromatic carbocycles. The van der Waals surface area contributed by atoms with E-state index in [2.05, 4.69) is 31.0 Å². The minimum absolute atomic E-state index is 0.0622. The fraction of sp³-hybridized carbons (Fsp3) is 0.286. The molecule has 1 saturated heterocycles. The maximum Gasteiger partial charge on any atom is 0.573 e. The Morgan fingerprint density at radius 2 is 1.73 bits per heavy atom. The number of rotatable bonds is 5. The number of benzene rings is 2. The summed E-state index contributed by atoms with van der Waals surface area (Å²) in [5.74, 6) is 0.372. The van der Waals surface area contributed by atoms with Crippen molar-refractivity contribution in [2.45, 2.75) is 12.8 Å². The highest BCUT2D eigenvalue weighted by atomic mass is 19.4. The van der Waals surface area contributed by atoms with E-state index >= 15 is 0 Å². The Morgan fingerprint density at radius 1 is 1.00 bits per heavy atom. The lowest BCUT2D eigenvalue weighted by atomic mass is 10.0. The van der Waals surface area contributed by atoms with Crippen LogP contribution in [0.3, 0.4) is 0 Å². The molecule has 1 N–H and O–H groups in total. The number of nitrogens with one attached hydrogen (secondary N) is 1. The van der Waals surface area contributed by atoms with Gasteiger partial charge in [-0.05, 0) is 53.6 Å². The normalized spacial score (nSPS) is 14.9. The highest BCUT2D eigenvalue weighted by Gasteiger charge is 2.31. The third kappa shape index (κ3) is 6.00. The van der Waals surface area contributed by atoms with Crippen LogP contribution in [0, 0.1) is 0 Å². The van der Waals surface area contributed by atoms with Gasteiger partial charge in [-0.25, -0.2) is 14.8 Å². The highest BCUT2D eigenvalue weighted by Crippen LogP contribution is 2.35. The monoisotopic (exact) mass is 552 g/mol. The zero-order chi connectivity index (χ0) is 28.4. The van der Waals surface area contributed by atoms with Gasteiger partial charge in [-0.2, -0.15) is 0 Å². The lowest BCUT2D eigenvalue weighted by Gasteiger charge is -2.35. The van der Waals surface area contributed by atoms with Crippen LogP contribution in [-0.4, -0.2) is 78.3 Å². The molecule has 3 amide bonds. The number of amides is 3. The van der Waals surface area contributed by atoms with E-state index in [1.807, 2.05) is 18.2 Å². The number of hydrogen-bond donors (Lipinski definition) is 1. The third-order valence-electron chi connectivity index (χ3n) is 6.71. The molecule has 5 rings (SSSR count). The molecule has 0 atom stereocenters. The number of anilines is 2. The number of ether oxygens (including phenoxy) is 1. The molecule has 2 heterocycles. The Kier molecular flexibility index (Phi) is 7.33. The summed E-state index contributed by atoms with van der Waals surface area (Å²) in [6.07, 6.45) is -0.542. The number of piperazine rings is 1. The van der Waals surface area contributed by atoms with Crippen molar-refractivity contribution in [3.63, 3.8) is 0 Å². The molecule has 2 aliphatic rings. The molecule has 1 aliphatic carbocycles. The fourth-order valence-corrected chi connectivity index (χ4v) is 4.73. The van der Waals surface area contributed by atoms with Gasteiger partial charge >= 0.3 is 12.4 Å². The van der Waals surface area contributed by atoms with Crippen LogP contribution in [0.2, 0.25) is 0 Å². The molecule has 40 heavy (non-hydrogen) atoms. The first-order chi connectivity index (χ1) is 19.1. The van der Waals surface area contributed by atoms with Gasteiger partial charge in [0.25, 0.3) is 5.91 Å². The minimum Gasteiger partial charge on any atom is -0.406 e. The van der Waals surface area contributed by atoms with E-state index in [0.29, 0.717) is 43.9 Å². The van der Waals surface area contributed by atoms with Gasteiger partial charge in [0.1, 0.15) is 17.9 Å². The molecule has 208 valence electrons. The first-order valence-electron chi connectivity index (χ1n) is 12.6. The van der Waals surface area contributed by atoms with Gasteiger partial charge in [0.15, 0.2) is 0 Å². The molecule has 0 saturated carbocycles. The van der Waals surface area contributed by atoms with Crippen molar-refractivity contribution in [2.24, 2.45) is 0 Å². The molecule has 1 aliphatic heterocycles. The van der Waals surface area contributed by atoms with Crippen LogP contribution in [0.15, 0.2) is 54.9 Å². The van der Waals surface area contributed by atoms with E-state index in [1.165, 1.54) is 12.1 Å². The first kappa shape index (κ1) is 27.0. The molecule has 1 fully saturated rings. The summed E-state index contributed by atoms with van der Waals surface area (Å²) in [6.45, 7) is 1.97. The van der Waals surface area contributed by atoms with Crippen LogP contribution >= 0.6 is 0 Å². The smallest absolute Gasteiger partial charge is 0.406 e. The Morgan fingerprint density at radius 3 is 2.40 bits per heavy atom. The maximum atomic E-state index is 12.8. The number of halogens is 3. The van der Waals surface area contributed by atoms with Crippen LogP contribution in [0.1, 0.15) is 27.2 Å². The zero-order valence-electron chi connectivity index (χ0n) is 21.9. The standard InChI is InChI=1S/C28H27F3N6O3/c1-35(2)26(38)19-5-3-4-18(14-19)20-15-23-24(16-20)32-17-33-25(23)36-10-12-37(13-11-36)27(39)34-21-6-8-22(9-7-21)40-28(29,30)31/h3-9,14-15,17H,10-13,16H2,1-2H3,(H,34,39). The Balaban J connectivity index is 1.23. The summed E-state index contributed by atoms with van der Waals surface area (Å²) >= 11 is 0. The van der Waals surface area contributed by atoms with Crippen LogP contribution in [0.5, 0.6) is 5.75 Å². The van der Waals surface area contributed by atoms with E-state index in [9.17, 15) is 22.8 Å². The van der Waals surface area contributed by atoms with E-state index in [0.717, 1.165) is 40.3 Å². The second-order valence-electron chi connectivity index (χ2n) is 9.66. The summed E-state index contributed by atoms with van der Waals surface area (Å²) < 4.78 is 40.9. The van der Waals surface area contributed by atoms with Crippen molar-refractivity contribution in [2.75, 3.05) is 50.5 Å². The van der Waals surface area contributed by atoms with Gasteiger partial charge < -0.3 is 24.8 Å². The highest BCUT2D eigenvalue weighted by molar-refractivity contribution is 5.97. The van der Waals surface area contributed by atoms with Crippen LogP contribution in [0.25, 0.3) is 11.6 Å². The first-order valence-corrected chi connectivity index (χ1v) is 12.6. The van der Waals surface area contributed by atoms with Crippen LogP contribution in [0.4, 0.5) is 29.5 Å². The molecule has 3 aromatic rings. The Labute approximate surface area is 228 Å². The topological polar surface area (TPSA) is 90.9 Å². The summed E-state index contributed by atoms with van der Waals surface area (Å²) in [4.78, 5) is 39.5. The fourth-order valence-electron chi connectivity index (χ4n) is 4.73. The number of carbonyl (C=O) groups is 2. The minimum atomic E-state index is -4.77. The van der Waals surface area contributed by atoms with Gasteiger partial charge in [-0.15, -0.1) is 13.2 Å². The second kappa shape index (κ2) is 10.9. The van der Waals surface area contributed by atoms with Crippen molar-refractivity contribution >= 4 is 35.1 Å². The largest absolute Gasteiger partial charge is 0.573 e. The molecule has 9 nitrogen and oxygen atoms in total. The number of hydrogen-bond acceptors (Lipinski definition) is 6. The predicted octanol–water partition coefficient (Wildman–Crippen LogP) is 4.53. The van der Waals surface area contributed by atoms with E-state index in [-0.39, 0.29) is 17.7 Å².